The van der Waals surface area contributed by atoms with Crippen LogP contribution in [0, 0.1) is 0 Å². The van der Waals surface area contributed by atoms with E-state index >= 15 is 0 Å². The van der Waals surface area contributed by atoms with E-state index in [1.807, 2.05) is 0 Å². The molecule has 0 bridgehead atoms. The van der Waals surface area contributed by atoms with Crippen molar-refractivity contribution in [3.8, 4) is 0 Å². The van der Waals surface area contributed by atoms with Gasteiger partial charge in [0.2, 0.25) is 0 Å². The SMILES string of the molecule is CCCCCC[SiH](CC)N[SiH3]. The van der Waals surface area contributed by atoms with Gasteiger partial charge in [-0.05, 0) is 6.04 Å². The third-order valence-electron chi connectivity index (χ3n) is 2.31. The van der Waals surface area contributed by atoms with Crippen LogP contribution in [0.15, 0.2) is 0 Å². The number of unbranched alkanes of at least 4 members (excludes halogenated alkanes) is 3. The molecule has 0 radical (unpaired) electrons. The molecule has 1 unspecified atom stereocenters. The van der Waals surface area contributed by atoms with Crippen LogP contribution < -0.4 is 4.65 Å². The van der Waals surface area contributed by atoms with Crippen molar-refractivity contribution in [1.29, 1.82) is 0 Å². The lowest BCUT2D eigenvalue weighted by Crippen LogP contribution is -2.30. The van der Waals surface area contributed by atoms with E-state index in [1.54, 1.807) is 0 Å². The average molecular weight is 189 g/mol. The molecule has 0 aliphatic rings. The number of hydrogen-bond acceptors (Lipinski definition) is 1. The molecule has 0 aromatic rings. The molecule has 3 heteroatoms. The zero-order chi connectivity index (χ0) is 8.53. The van der Waals surface area contributed by atoms with E-state index in [4.69, 9.17) is 0 Å². The van der Waals surface area contributed by atoms with E-state index in [0.29, 0.717) is 0 Å². The summed E-state index contributed by atoms with van der Waals surface area (Å²) in [4.78, 5) is 0. The summed E-state index contributed by atoms with van der Waals surface area (Å²) in [5.41, 5.74) is 0. The summed E-state index contributed by atoms with van der Waals surface area (Å²) in [6.07, 6.45) is 5.75. The Balaban J connectivity index is 3.07. The summed E-state index contributed by atoms with van der Waals surface area (Å²) in [6.45, 7) is 4.61. The van der Waals surface area contributed by atoms with Crippen LogP contribution in [0.4, 0.5) is 0 Å². The van der Waals surface area contributed by atoms with Gasteiger partial charge < -0.3 is 4.65 Å². The first-order chi connectivity index (χ1) is 5.35. The highest BCUT2D eigenvalue weighted by molar-refractivity contribution is 6.61. The van der Waals surface area contributed by atoms with Crippen LogP contribution in [0.5, 0.6) is 0 Å². The lowest BCUT2D eigenvalue weighted by Gasteiger charge is -2.10. The predicted molar refractivity (Wildman–Crippen MR) is 59.7 cm³/mol. The highest BCUT2D eigenvalue weighted by Gasteiger charge is 2.02. The Morgan fingerprint density at radius 1 is 1.18 bits per heavy atom. The van der Waals surface area contributed by atoms with Gasteiger partial charge in [0.25, 0.3) is 0 Å². The maximum Gasteiger partial charge on any atom is 0.101 e. The Bertz CT molecular complexity index is 74.5. The standard InChI is InChI=1S/C8H23NSi2/c1-3-5-6-7-8-11(4-2)9-10/h9,11H,3-8H2,1-2,10H3. The third kappa shape index (κ3) is 6.78. The summed E-state index contributed by atoms with van der Waals surface area (Å²) in [5, 5.41) is 0. The van der Waals surface area contributed by atoms with Crippen molar-refractivity contribution >= 4 is 19.4 Å². The molecule has 68 valence electrons. The van der Waals surface area contributed by atoms with Crippen LogP contribution in [0.25, 0.3) is 0 Å². The fraction of sp³-hybridized carbons (Fsp3) is 1.00. The molecule has 1 nitrogen and oxygen atoms in total. The highest BCUT2D eigenvalue weighted by Crippen LogP contribution is 2.06. The van der Waals surface area contributed by atoms with Crippen LogP contribution in [0.1, 0.15) is 39.5 Å². The van der Waals surface area contributed by atoms with Crippen molar-refractivity contribution in [3.05, 3.63) is 0 Å². The summed E-state index contributed by atoms with van der Waals surface area (Å²) in [7, 11) is 0.790. The van der Waals surface area contributed by atoms with Gasteiger partial charge >= 0.3 is 0 Å². The molecular weight excluding hydrogens is 166 g/mol. The zero-order valence-electron chi connectivity index (χ0n) is 8.32. The minimum Gasteiger partial charge on any atom is -0.369 e. The van der Waals surface area contributed by atoms with Crippen molar-refractivity contribution in [2.24, 2.45) is 0 Å². The van der Waals surface area contributed by atoms with E-state index in [-0.39, 0.29) is 0 Å². The molecular formula is C8H23NSi2. The molecule has 0 heterocycles. The fourth-order valence-corrected chi connectivity index (χ4v) is 5.35. The Hall–Kier alpha value is 0.394. The molecule has 0 aliphatic carbocycles. The first-order valence-electron chi connectivity index (χ1n) is 5.02. The van der Waals surface area contributed by atoms with Gasteiger partial charge in [-0.2, -0.15) is 0 Å². The van der Waals surface area contributed by atoms with Crippen molar-refractivity contribution in [1.82, 2.24) is 4.65 Å². The third-order valence-corrected chi connectivity index (χ3v) is 7.66. The molecule has 0 fully saturated rings. The van der Waals surface area contributed by atoms with Crippen LogP contribution in [-0.2, 0) is 0 Å². The smallest absolute Gasteiger partial charge is 0.101 e. The maximum absolute atomic E-state index is 3.61. The van der Waals surface area contributed by atoms with E-state index in [2.05, 4.69) is 18.5 Å². The first-order valence-corrected chi connectivity index (χ1v) is 8.23. The Morgan fingerprint density at radius 3 is 2.36 bits per heavy atom. The summed E-state index contributed by atoms with van der Waals surface area (Å²) < 4.78 is 3.61. The molecule has 0 spiro atoms. The van der Waals surface area contributed by atoms with E-state index in [1.165, 1.54) is 48.2 Å². The molecule has 1 N–H and O–H groups in total. The van der Waals surface area contributed by atoms with Crippen LogP contribution in [0.3, 0.4) is 0 Å². The van der Waals surface area contributed by atoms with E-state index in [0.717, 1.165) is 0 Å². The van der Waals surface area contributed by atoms with Crippen LogP contribution in [0.2, 0.25) is 12.1 Å². The lowest BCUT2D eigenvalue weighted by molar-refractivity contribution is 0.697. The Kier molecular flexibility index (Phi) is 8.79. The molecule has 0 saturated carbocycles. The molecule has 0 aromatic heterocycles. The maximum atomic E-state index is 3.61. The number of hydrogen-bond donors (Lipinski definition) is 1. The predicted octanol–water partition coefficient (Wildman–Crippen LogP) is 1.18. The monoisotopic (exact) mass is 189 g/mol. The summed E-state index contributed by atoms with van der Waals surface area (Å²) in [5.74, 6) is 0. The highest BCUT2D eigenvalue weighted by atomic mass is 28.3. The average Bonchev–Trinajstić information content (AvgIpc) is 2.05. The second-order valence-electron chi connectivity index (χ2n) is 3.24. The molecule has 1 atom stereocenters. The molecule has 0 aliphatic heterocycles. The molecule has 11 heavy (non-hydrogen) atoms. The van der Waals surface area contributed by atoms with Crippen molar-refractivity contribution in [3.63, 3.8) is 0 Å². The van der Waals surface area contributed by atoms with Gasteiger partial charge in [0.1, 0.15) is 8.96 Å². The molecule has 0 rings (SSSR count). The van der Waals surface area contributed by atoms with E-state index < -0.39 is 8.96 Å². The topological polar surface area (TPSA) is 12.0 Å². The first kappa shape index (κ1) is 11.4. The largest absolute Gasteiger partial charge is 0.369 e. The van der Waals surface area contributed by atoms with Crippen molar-refractivity contribution < 1.29 is 0 Å². The quantitative estimate of drug-likeness (QED) is 0.468. The van der Waals surface area contributed by atoms with Gasteiger partial charge in [-0.3, -0.25) is 0 Å². The number of nitrogens with one attached hydrogen (secondary N) is 1. The normalized spacial score (nSPS) is 13.6. The van der Waals surface area contributed by atoms with Gasteiger partial charge in [0.15, 0.2) is 0 Å². The van der Waals surface area contributed by atoms with Gasteiger partial charge in [-0.25, -0.2) is 0 Å². The molecule has 0 saturated heterocycles. The summed E-state index contributed by atoms with van der Waals surface area (Å²) in [6, 6.07) is 2.97. The fourth-order valence-electron chi connectivity index (χ4n) is 1.37. The molecule has 0 aromatic carbocycles. The van der Waals surface area contributed by atoms with Crippen molar-refractivity contribution in [2.45, 2.75) is 51.6 Å². The Labute approximate surface area is 76.2 Å². The second kappa shape index (κ2) is 8.49. The lowest BCUT2D eigenvalue weighted by atomic mass is 10.2. The minimum absolute atomic E-state index is 0.423. The van der Waals surface area contributed by atoms with Crippen LogP contribution >= 0.6 is 0 Å². The van der Waals surface area contributed by atoms with E-state index in [9.17, 15) is 0 Å². The number of rotatable bonds is 7. The van der Waals surface area contributed by atoms with Crippen LogP contribution in [-0.4, -0.2) is 19.4 Å². The summed E-state index contributed by atoms with van der Waals surface area (Å²) >= 11 is 0. The Morgan fingerprint density at radius 2 is 1.91 bits per heavy atom. The van der Waals surface area contributed by atoms with Gasteiger partial charge in [-0.15, -0.1) is 0 Å². The van der Waals surface area contributed by atoms with Gasteiger partial charge in [-0.1, -0.05) is 45.6 Å². The second-order valence-corrected chi connectivity index (χ2v) is 8.34. The van der Waals surface area contributed by atoms with Gasteiger partial charge in [0.05, 0.1) is 10.4 Å². The zero-order valence-corrected chi connectivity index (χ0v) is 11.5. The minimum atomic E-state index is -0.423. The van der Waals surface area contributed by atoms with Gasteiger partial charge in [0, 0.05) is 0 Å². The van der Waals surface area contributed by atoms with Crippen molar-refractivity contribution in [2.75, 3.05) is 0 Å². The molecule has 0 amide bonds.